The van der Waals surface area contributed by atoms with E-state index in [2.05, 4.69) is 0 Å². The third kappa shape index (κ3) is 2.15. The van der Waals surface area contributed by atoms with E-state index in [1.807, 2.05) is 6.07 Å². The van der Waals surface area contributed by atoms with E-state index in [-0.39, 0.29) is 17.6 Å². The number of para-hydroxylation sites is 1. The Morgan fingerprint density at radius 3 is 2.29 bits per heavy atom. The van der Waals surface area contributed by atoms with E-state index < -0.39 is 18.1 Å². The second-order valence-corrected chi connectivity index (χ2v) is 5.94. The van der Waals surface area contributed by atoms with Gasteiger partial charge in [0.1, 0.15) is 5.82 Å². The Bertz CT molecular complexity index is 794. The van der Waals surface area contributed by atoms with Gasteiger partial charge in [0.15, 0.2) is 6.10 Å². The second kappa shape index (κ2) is 5.51. The third-order valence-corrected chi connectivity index (χ3v) is 4.53. The normalized spacial score (nSPS) is 26.9. The fourth-order valence-electron chi connectivity index (χ4n) is 3.46. The number of imide groups is 1. The number of amides is 2. The number of carbonyl (C=O) groups excluding carboxylic acids is 2. The van der Waals surface area contributed by atoms with Gasteiger partial charge in [-0.2, -0.15) is 5.06 Å². The maximum absolute atomic E-state index is 13.2. The van der Waals surface area contributed by atoms with Gasteiger partial charge in [-0.1, -0.05) is 30.3 Å². The first-order valence-electron chi connectivity index (χ1n) is 7.66. The molecule has 2 aliphatic rings. The number of halogens is 1. The molecule has 2 amide bonds. The SMILES string of the molecule is CN1O[C@@H]2C(=O)N(c3ccccc3)C(=O)[C@H]2[C@H]1c1ccc(F)cc1. The molecular formula is C18H15FN2O3. The van der Waals surface area contributed by atoms with Crippen molar-refractivity contribution >= 4 is 17.5 Å². The van der Waals surface area contributed by atoms with Gasteiger partial charge in [-0.15, -0.1) is 0 Å². The first kappa shape index (κ1) is 15.0. The zero-order valence-corrected chi connectivity index (χ0v) is 12.9. The van der Waals surface area contributed by atoms with Crippen molar-refractivity contribution in [3.63, 3.8) is 0 Å². The molecule has 0 aromatic heterocycles. The van der Waals surface area contributed by atoms with Crippen LogP contribution in [-0.4, -0.2) is 30.0 Å². The predicted molar refractivity (Wildman–Crippen MR) is 84.2 cm³/mol. The first-order chi connectivity index (χ1) is 11.6. The summed E-state index contributed by atoms with van der Waals surface area (Å²) in [4.78, 5) is 32.4. The highest BCUT2D eigenvalue weighted by Gasteiger charge is 2.59. The van der Waals surface area contributed by atoms with E-state index in [1.165, 1.54) is 22.1 Å². The molecule has 0 bridgehead atoms. The molecule has 2 fully saturated rings. The zero-order chi connectivity index (χ0) is 16.8. The molecular weight excluding hydrogens is 311 g/mol. The predicted octanol–water partition coefficient (Wildman–Crippen LogP) is 2.30. The minimum atomic E-state index is -0.849. The van der Waals surface area contributed by atoms with Gasteiger partial charge in [-0.25, -0.2) is 9.29 Å². The number of fused-ring (bicyclic) bond motifs is 1. The van der Waals surface area contributed by atoms with E-state index in [1.54, 1.807) is 43.4 Å². The Labute approximate surface area is 138 Å². The summed E-state index contributed by atoms with van der Waals surface area (Å²) in [5.41, 5.74) is 1.27. The first-order valence-corrected chi connectivity index (χ1v) is 7.66. The van der Waals surface area contributed by atoms with Crippen molar-refractivity contribution in [2.45, 2.75) is 12.1 Å². The smallest absolute Gasteiger partial charge is 0.265 e. The lowest BCUT2D eigenvalue weighted by atomic mass is 9.91. The number of rotatable bonds is 2. The van der Waals surface area contributed by atoms with Crippen molar-refractivity contribution in [2.75, 3.05) is 11.9 Å². The quantitative estimate of drug-likeness (QED) is 0.795. The number of anilines is 1. The van der Waals surface area contributed by atoms with Gasteiger partial charge < -0.3 is 0 Å². The van der Waals surface area contributed by atoms with Crippen molar-refractivity contribution in [1.29, 1.82) is 0 Å². The molecule has 24 heavy (non-hydrogen) atoms. The molecule has 2 aliphatic heterocycles. The number of hydrogen-bond acceptors (Lipinski definition) is 4. The molecule has 0 radical (unpaired) electrons. The minimum absolute atomic E-state index is 0.296. The summed E-state index contributed by atoms with van der Waals surface area (Å²) in [6.07, 6.45) is -0.849. The number of hydrogen-bond donors (Lipinski definition) is 0. The van der Waals surface area contributed by atoms with Crippen LogP contribution < -0.4 is 4.90 Å². The van der Waals surface area contributed by atoms with Crippen LogP contribution in [0.25, 0.3) is 0 Å². The summed E-state index contributed by atoms with van der Waals surface area (Å²) >= 11 is 0. The van der Waals surface area contributed by atoms with E-state index in [9.17, 15) is 14.0 Å². The molecule has 2 aromatic carbocycles. The highest BCUT2D eigenvalue weighted by molar-refractivity contribution is 6.23. The average molecular weight is 326 g/mol. The lowest BCUT2D eigenvalue weighted by Crippen LogP contribution is -2.36. The minimum Gasteiger partial charge on any atom is -0.284 e. The summed E-state index contributed by atoms with van der Waals surface area (Å²) in [5, 5.41) is 1.51. The van der Waals surface area contributed by atoms with Crippen LogP contribution >= 0.6 is 0 Å². The van der Waals surface area contributed by atoms with E-state index in [0.717, 1.165) is 5.56 Å². The van der Waals surface area contributed by atoms with Gasteiger partial charge in [-0.3, -0.25) is 14.4 Å². The summed E-state index contributed by atoms with van der Waals surface area (Å²) in [6, 6.07) is 14.3. The molecule has 3 atom stereocenters. The molecule has 0 aliphatic carbocycles. The third-order valence-electron chi connectivity index (χ3n) is 4.53. The Kier molecular flexibility index (Phi) is 3.44. The average Bonchev–Trinajstić information content (AvgIpc) is 3.04. The highest BCUT2D eigenvalue weighted by Crippen LogP contribution is 2.44. The van der Waals surface area contributed by atoms with Crippen molar-refractivity contribution in [1.82, 2.24) is 5.06 Å². The van der Waals surface area contributed by atoms with Gasteiger partial charge in [-0.05, 0) is 29.8 Å². The lowest BCUT2D eigenvalue weighted by molar-refractivity contribution is -0.160. The Morgan fingerprint density at radius 2 is 1.62 bits per heavy atom. The highest BCUT2D eigenvalue weighted by atomic mass is 19.1. The van der Waals surface area contributed by atoms with Crippen LogP contribution in [0.15, 0.2) is 54.6 Å². The van der Waals surface area contributed by atoms with Crippen LogP contribution in [0.5, 0.6) is 0 Å². The Hall–Kier alpha value is -2.57. The van der Waals surface area contributed by atoms with Gasteiger partial charge in [0.05, 0.1) is 17.6 Å². The lowest BCUT2D eigenvalue weighted by Gasteiger charge is -2.24. The standard InChI is InChI=1S/C18H15FN2O3/c1-20-15(11-7-9-12(19)10-8-11)14-16(24-20)18(23)21(17(14)22)13-5-3-2-4-6-13/h2-10,14-16H,1H3/t14-,15+,16-/m0/s1. The maximum atomic E-state index is 13.2. The number of nitrogens with zero attached hydrogens (tertiary/aromatic N) is 2. The van der Waals surface area contributed by atoms with E-state index >= 15 is 0 Å². The van der Waals surface area contributed by atoms with Crippen molar-refractivity contribution in [3.8, 4) is 0 Å². The van der Waals surface area contributed by atoms with Gasteiger partial charge >= 0.3 is 0 Å². The largest absolute Gasteiger partial charge is 0.284 e. The molecule has 0 N–H and O–H groups in total. The van der Waals surface area contributed by atoms with Gasteiger partial charge in [0.25, 0.3) is 5.91 Å². The monoisotopic (exact) mass is 326 g/mol. The molecule has 2 heterocycles. The van der Waals surface area contributed by atoms with E-state index in [0.29, 0.717) is 5.69 Å². The van der Waals surface area contributed by atoms with Crippen molar-refractivity contribution < 1.29 is 18.8 Å². The topological polar surface area (TPSA) is 49.9 Å². The van der Waals surface area contributed by atoms with E-state index in [4.69, 9.17) is 4.84 Å². The Balaban J connectivity index is 1.72. The molecule has 4 rings (SSSR count). The maximum Gasteiger partial charge on any atom is 0.265 e. The molecule has 2 saturated heterocycles. The van der Waals surface area contributed by atoms with Crippen molar-refractivity contribution in [3.05, 3.63) is 66.0 Å². The van der Waals surface area contributed by atoms with Gasteiger partial charge in [0, 0.05) is 7.05 Å². The number of hydroxylamine groups is 2. The second-order valence-electron chi connectivity index (χ2n) is 5.94. The molecule has 0 saturated carbocycles. The van der Waals surface area contributed by atoms with Crippen LogP contribution in [0.3, 0.4) is 0 Å². The van der Waals surface area contributed by atoms with Crippen LogP contribution in [0, 0.1) is 11.7 Å². The fourth-order valence-corrected chi connectivity index (χ4v) is 3.46. The van der Waals surface area contributed by atoms with Crippen LogP contribution in [0.4, 0.5) is 10.1 Å². The van der Waals surface area contributed by atoms with Gasteiger partial charge in [0.2, 0.25) is 5.91 Å². The molecule has 0 spiro atoms. The number of benzene rings is 2. The van der Waals surface area contributed by atoms with Crippen LogP contribution in [0.2, 0.25) is 0 Å². The fraction of sp³-hybridized carbons (Fsp3) is 0.222. The van der Waals surface area contributed by atoms with Crippen molar-refractivity contribution in [2.24, 2.45) is 5.92 Å². The summed E-state index contributed by atoms with van der Waals surface area (Å²) in [7, 11) is 1.68. The number of carbonyl (C=O) groups is 2. The Morgan fingerprint density at radius 1 is 0.958 bits per heavy atom. The summed E-state index contributed by atoms with van der Waals surface area (Å²) < 4.78 is 13.2. The molecule has 5 nitrogen and oxygen atoms in total. The molecule has 0 unspecified atom stereocenters. The van der Waals surface area contributed by atoms with Crippen LogP contribution in [-0.2, 0) is 14.4 Å². The molecule has 2 aromatic rings. The zero-order valence-electron chi connectivity index (χ0n) is 12.9. The molecule has 6 heteroatoms. The summed E-state index contributed by atoms with van der Waals surface area (Å²) in [6.45, 7) is 0. The molecule has 122 valence electrons. The summed E-state index contributed by atoms with van der Waals surface area (Å²) in [5.74, 6) is -1.66. The van der Waals surface area contributed by atoms with Crippen LogP contribution in [0.1, 0.15) is 11.6 Å².